The Morgan fingerprint density at radius 1 is 1.29 bits per heavy atom. The van der Waals surface area contributed by atoms with Crippen LogP contribution in [0.5, 0.6) is 0 Å². The zero-order valence-electron chi connectivity index (χ0n) is 7.73. The van der Waals surface area contributed by atoms with Gasteiger partial charge >= 0.3 is 0 Å². The highest BCUT2D eigenvalue weighted by atomic mass is 32.2. The minimum Gasteiger partial charge on any atom is -0.255 e. The van der Waals surface area contributed by atoms with Gasteiger partial charge in [-0.3, -0.25) is 4.98 Å². The molecule has 0 radical (unpaired) electrons. The van der Waals surface area contributed by atoms with Crippen molar-refractivity contribution in [1.82, 2.24) is 4.98 Å². The maximum Gasteiger partial charge on any atom is 0.0871 e. The molecule has 2 rings (SSSR count). The van der Waals surface area contributed by atoms with E-state index in [1.807, 2.05) is 18.2 Å². The van der Waals surface area contributed by atoms with Gasteiger partial charge < -0.3 is 0 Å². The molecule has 3 nitrogen and oxygen atoms in total. The van der Waals surface area contributed by atoms with E-state index < -0.39 is 9.73 Å². The normalized spacial score (nSPS) is 15.2. The first-order valence-electron chi connectivity index (χ1n) is 4.16. The summed E-state index contributed by atoms with van der Waals surface area (Å²) in [5.41, 5.74) is 0.664. The van der Waals surface area contributed by atoms with Crippen LogP contribution in [0.25, 0.3) is 10.9 Å². The van der Waals surface area contributed by atoms with Crippen LogP contribution in [0.1, 0.15) is 0 Å². The topological polar surface area (TPSA) is 53.8 Å². The molecule has 0 saturated heterocycles. The Bertz CT molecular complexity index is 570. The van der Waals surface area contributed by atoms with Crippen LogP contribution in [0, 0.1) is 4.78 Å². The number of hydrogen-bond acceptors (Lipinski definition) is 3. The molecule has 0 fully saturated rings. The summed E-state index contributed by atoms with van der Waals surface area (Å²) < 4.78 is 19.2. The molecule has 1 heterocycles. The number of hydrogen-bond donors (Lipinski definition) is 1. The summed E-state index contributed by atoms with van der Waals surface area (Å²) in [6.07, 6.45) is 3.06. The third kappa shape index (κ3) is 1.48. The van der Waals surface area contributed by atoms with Crippen molar-refractivity contribution in [3.05, 3.63) is 36.5 Å². The number of rotatable bonds is 1. The molecule has 0 aliphatic heterocycles. The molecule has 0 saturated carbocycles. The predicted molar refractivity (Wildman–Crippen MR) is 56.8 cm³/mol. The maximum atomic E-state index is 11.6. The van der Waals surface area contributed by atoms with Gasteiger partial charge in [0, 0.05) is 17.8 Å². The second-order valence-corrected chi connectivity index (χ2v) is 5.30. The van der Waals surface area contributed by atoms with Gasteiger partial charge in [-0.1, -0.05) is 18.2 Å². The van der Waals surface area contributed by atoms with Crippen LogP contribution in [-0.2, 0) is 9.73 Å². The van der Waals surface area contributed by atoms with E-state index in [0.717, 1.165) is 5.39 Å². The van der Waals surface area contributed by atoms with Gasteiger partial charge in [-0.05, 0) is 12.1 Å². The molecule has 72 valence electrons. The molecule has 2 aromatic rings. The van der Waals surface area contributed by atoms with Crippen LogP contribution in [0.3, 0.4) is 0 Å². The highest BCUT2D eigenvalue weighted by Gasteiger charge is 2.08. The molecule has 1 aromatic heterocycles. The van der Waals surface area contributed by atoms with Crippen LogP contribution in [-0.4, -0.2) is 15.4 Å². The standard InChI is InChI=1S/C10H10N2OS/c1-14(11,13)9-6-2-4-8-5-3-7-12-10(8)9/h2-7,11H,1H3. The Balaban J connectivity index is 2.92. The first kappa shape index (κ1) is 9.15. The van der Waals surface area contributed by atoms with Crippen LogP contribution >= 0.6 is 0 Å². The van der Waals surface area contributed by atoms with Gasteiger partial charge in [0.25, 0.3) is 0 Å². The molecule has 1 aromatic carbocycles. The van der Waals surface area contributed by atoms with Gasteiger partial charge in [-0.25, -0.2) is 8.99 Å². The average Bonchev–Trinajstić information content (AvgIpc) is 2.15. The van der Waals surface area contributed by atoms with E-state index in [1.54, 1.807) is 18.3 Å². The average molecular weight is 206 g/mol. The maximum absolute atomic E-state index is 11.6. The Labute approximate surface area is 82.8 Å². The van der Waals surface area contributed by atoms with Crippen molar-refractivity contribution in [2.24, 2.45) is 0 Å². The van der Waals surface area contributed by atoms with Crippen molar-refractivity contribution in [3.63, 3.8) is 0 Å². The van der Waals surface area contributed by atoms with Crippen LogP contribution in [0.15, 0.2) is 41.4 Å². The van der Waals surface area contributed by atoms with E-state index in [2.05, 4.69) is 4.98 Å². The summed E-state index contributed by atoms with van der Waals surface area (Å²) in [7, 11) is -2.69. The van der Waals surface area contributed by atoms with E-state index >= 15 is 0 Å². The number of benzene rings is 1. The lowest BCUT2D eigenvalue weighted by molar-refractivity contribution is 0.679. The SMILES string of the molecule is CS(=N)(=O)c1cccc2cccnc12. The molecule has 1 N–H and O–H groups in total. The third-order valence-electron chi connectivity index (χ3n) is 2.02. The molecule has 0 spiro atoms. The molecule has 1 atom stereocenters. The summed E-state index contributed by atoms with van der Waals surface area (Å²) in [4.78, 5) is 4.66. The summed E-state index contributed by atoms with van der Waals surface area (Å²) in [5, 5.41) is 0.923. The van der Waals surface area contributed by atoms with Crippen LogP contribution in [0.4, 0.5) is 0 Å². The number of aromatic nitrogens is 1. The number of nitrogens with zero attached hydrogens (tertiary/aromatic N) is 1. The minimum atomic E-state index is -2.69. The number of para-hydroxylation sites is 1. The monoisotopic (exact) mass is 206 g/mol. The largest absolute Gasteiger partial charge is 0.255 e. The number of pyridine rings is 1. The molecule has 0 bridgehead atoms. The van der Waals surface area contributed by atoms with Crippen molar-refractivity contribution in [2.45, 2.75) is 4.90 Å². The first-order chi connectivity index (χ1) is 6.59. The van der Waals surface area contributed by atoms with Crippen LogP contribution in [0.2, 0.25) is 0 Å². The quantitative estimate of drug-likeness (QED) is 0.778. The van der Waals surface area contributed by atoms with Crippen molar-refractivity contribution < 1.29 is 4.21 Å². The summed E-state index contributed by atoms with van der Waals surface area (Å²) in [6, 6.07) is 9.13. The molecule has 4 heteroatoms. The highest BCUT2D eigenvalue weighted by Crippen LogP contribution is 2.20. The number of fused-ring (bicyclic) bond motifs is 1. The molecule has 0 amide bonds. The van der Waals surface area contributed by atoms with Crippen LogP contribution < -0.4 is 0 Å². The second-order valence-electron chi connectivity index (χ2n) is 3.17. The zero-order chi connectivity index (χ0) is 10.2. The molecule has 1 unspecified atom stereocenters. The Hall–Kier alpha value is -1.42. The number of nitrogens with one attached hydrogen (secondary N) is 1. The molecular weight excluding hydrogens is 196 g/mol. The fourth-order valence-corrected chi connectivity index (χ4v) is 2.27. The van der Waals surface area contributed by atoms with Crippen molar-refractivity contribution in [2.75, 3.05) is 6.26 Å². The summed E-state index contributed by atoms with van der Waals surface area (Å²) in [6.45, 7) is 0. The fourth-order valence-electron chi connectivity index (χ4n) is 1.39. The zero-order valence-corrected chi connectivity index (χ0v) is 8.54. The summed E-state index contributed by atoms with van der Waals surface area (Å²) >= 11 is 0. The lowest BCUT2D eigenvalue weighted by Gasteiger charge is -2.04. The van der Waals surface area contributed by atoms with Crippen molar-refractivity contribution >= 4 is 20.6 Å². The molecular formula is C10H10N2OS. The van der Waals surface area contributed by atoms with Crippen molar-refractivity contribution in [3.8, 4) is 0 Å². The van der Waals surface area contributed by atoms with Gasteiger partial charge in [0.1, 0.15) is 0 Å². The lowest BCUT2D eigenvalue weighted by atomic mass is 10.2. The van der Waals surface area contributed by atoms with Gasteiger partial charge in [-0.15, -0.1) is 0 Å². The van der Waals surface area contributed by atoms with Gasteiger partial charge in [0.05, 0.1) is 20.1 Å². The summed E-state index contributed by atoms with van der Waals surface area (Å²) in [5.74, 6) is 0. The van der Waals surface area contributed by atoms with E-state index in [9.17, 15) is 4.21 Å². The fraction of sp³-hybridized carbons (Fsp3) is 0.100. The first-order valence-corrected chi connectivity index (χ1v) is 6.13. The van der Waals surface area contributed by atoms with Gasteiger partial charge in [-0.2, -0.15) is 0 Å². The van der Waals surface area contributed by atoms with Crippen molar-refractivity contribution in [1.29, 1.82) is 4.78 Å². The Morgan fingerprint density at radius 3 is 2.71 bits per heavy atom. The molecule has 0 aliphatic rings. The smallest absolute Gasteiger partial charge is 0.0871 e. The second kappa shape index (κ2) is 3.06. The molecule has 14 heavy (non-hydrogen) atoms. The van der Waals surface area contributed by atoms with Gasteiger partial charge in [0.15, 0.2) is 0 Å². The minimum absolute atomic E-state index is 0.510. The van der Waals surface area contributed by atoms with E-state index in [1.165, 1.54) is 6.26 Å². The predicted octanol–water partition coefficient (Wildman–Crippen LogP) is 2.27. The molecule has 0 aliphatic carbocycles. The highest BCUT2D eigenvalue weighted by molar-refractivity contribution is 7.92. The van der Waals surface area contributed by atoms with Gasteiger partial charge in [0.2, 0.25) is 0 Å². The Morgan fingerprint density at radius 2 is 2.00 bits per heavy atom. The Kier molecular flexibility index (Phi) is 2.00. The van der Waals surface area contributed by atoms with E-state index in [-0.39, 0.29) is 0 Å². The van der Waals surface area contributed by atoms with E-state index in [4.69, 9.17) is 4.78 Å². The third-order valence-corrected chi connectivity index (χ3v) is 3.18. The van der Waals surface area contributed by atoms with E-state index in [0.29, 0.717) is 10.4 Å². The lowest BCUT2D eigenvalue weighted by Crippen LogP contribution is -1.96.